The number of aliphatic hydroxyl groups excluding tert-OH is 1. The molecule has 4 rings (SSSR count). The number of methoxy groups -OCH3 is 1. The van der Waals surface area contributed by atoms with E-state index in [0.717, 1.165) is 16.9 Å². The Balaban J connectivity index is 1.93. The highest BCUT2D eigenvalue weighted by atomic mass is 32.1. The van der Waals surface area contributed by atoms with Crippen LogP contribution in [-0.2, 0) is 19.7 Å². The molecule has 9 heteroatoms. The summed E-state index contributed by atoms with van der Waals surface area (Å²) in [5.74, 6) is -2.56. The minimum absolute atomic E-state index is 0.0582. The molecule has 1 aliphatic heterocycles. The summed E-state index contributed by atoms with van der Waals surface area (Å²) in [6.45, 7) is 7.89. The first-order valence-corrected chi connectivity index (χ1v) is 11.7. The van der Waals surface area contributed by atoms with Crippen LogP contribution < -0.4 is 4.90 Å². The van der Waals surface area contributed by atoms with Crippen LogP contribution >= 0.6 is 11.3 Å². The maximum atomic E-state index is 13.3. The van der Waals surface area contributed by atoms with Crippen molar-refractivity contribution in [3.8, 4) is 0 Å². The maximum Gasteiger partial charge on any atom is 0.350 e. The second-order valence-corrected chi connectivity index (χ2v) is 10.2. The van der Waals surface area contributed by atoms with E-state index >= 15 is 0 Å². The normalized spacial score (nSPS) is 17.6. The number of amides is 1. The number of ether oxygens (including phenoxy) is 1. The second-order valence-electron chi connectivity index (χ2n) is 9.18. The van der Waals surface area contributed by atoms with Crippen LogP contribution in [0.2, 0.25) is 0 Å². The van der Waals surface area contributed by atoms with Crippen LogP contribution in [0.4, 0.5) is 5.13 Å². The van der Waals surface area contributed by atoms with E-state index in [2.05, 4.69) is 30.7 Å². The third kappa shape index (κ3) is 4.35. The highest BCUT2D eigenvalue weighted by Crippen LogP contribution is 2.44. The molecule has 1 aromatic carbocycles. The number of carbonyl (C=O) groups is 3. The predicted molar refractivity (Wildman–Crippen MR) is 132 cm³/mol. The number of thiazole rings is 1. The molecule has 2 aromatic heterocycles. The van der Waals surface area contributed by atoms with Crippen LogP contribution in [0.5, 0.6) is 0 Å². The van der Waals surface area contributed by atoms with Crippen LogP contribution in [0.15, 0.2) is 54.4 Å². The number of carbonyl (C=O) groups excluding carboxylic acids is 3. The van der Waals surface area contributed by atoms with Crippen molar-refractivity contribution in [2.24, 2.45) is 0 Å². The Bertz CT molecular complexity index is 1340. The van der Waals surface area contributed by atoms with Crippen molar-refractivity contribution in [2.75, 3.05) is 12.0 Å². The van der Waals surface area contributed by atoms with E-state index in [1.807, 2.05) is 24.3 Å². The minimum Gasteiger partial charge on any atom is -0.507 e. The fourth-order valence-corrected chi connectivity index (χ4v) is 4.96. The number of rotatable bonds is 4. The number of aromatic nitrogens is 2. The SMILES string of the molecule is COC(=O)c1sc(N2C(=O)C(=O)C(=C(O)c3ccncc3)C2c2ccc(C(C)(C)C)cc2)nc1C. The molecule has 35 heavy (non-hydrogen) atoms. The van der Waals surface area contributed by atoms with E-state index in [-0.39, 0.29) is 26.8 Å². The van der Waals surface area contributed by atoms with E-state index in [1.54, 1.807) is 19.1 Å². The number of nitrogens with zero attached hydrogens (tertiary/aromatic N) is 3. The third-order valence-corrected chi connectivity index (χ3v) is 6.99. The lowest BCUT2D eigenvalue weighted by Crippen LogP contribution is -2.29. The summed E-state index contributed by atoms with van der Waals surface area (Å²) >= 11 is 0.964. The monoisotopic (exact) mass is 491 g/mol. The Kier molecular flexibility index (Phi) is 6.29. The Morgan fingerprint density at radius 2 is 1.71 bits per heavy atom. The average Bonchev–Trinajstić information content (AvgIpc) is 3.35. The van der Waals surface area contributed by atoms with Crippen LogP contribution in [0, 0.1) is 6.92 Å². The van der Waals surface area contributed by atoms with Crippen molar-refractivity contribution in [1.29, 1.82) is 0 Å². The molecule has 3 aromatic rings. The molecule has 1 N–H and O–H groups in total. The molecule has 1 aliphatic rings. The standard InChI is InChI=1S/C26H25N3O5S/c1-14-22(24(33)34-5)35-25(28-14)29-19(15-6-8-17(9-7-15)26(2,3)4)18(21(31)23(29)32)20(30)16-10-12-27-13-11-16/h6-13,19,30H,1-5H3. The molecule has 0 bridgehead atoms. The summed E-state index contributed by atoms with van der Waals surface area (Å²) in [7, 11) is 1.26. The number of pyridine rings is 1. The van der Waals surface area contributed by atoms with E-state index in [9.17, 15) is 19.5 Å². The van der Waals surface area contributed by atoms with Crippen molar-refractivity contribution in [3.05, 3.63) is 81.6 Å². The van der Waals surface area contributed by atoms with Crippen LogP contribution in [0.25, 0.3) is 5.76 Å². The molecule has 0 radical (unpaired) electrons. The first-order valence-electron chi connectivity index (χ1n) is 10.9. The summed E-state index contributed by atoms with van der Waals surface area (Å²) in [5, 5.41) is 11.3. The van der Waals surface area contributed by atoms with E-state index in [0.29, 0.717) is 16.8 Å². The van der Waals surface area contributed by atoms with Gasteiger partial charge in [-0.1, -0.05) is 56.4 Å². The van der Waals surface area contributed by atoms with Gasteiger partial charge in [0.15, 0.2) is 5.13 Å². The van der Waals surface area contributed by atoms with Gasteiger partial charge in [-0.15, -0.1) is 0 Å². The van der Waals surface area contributed by atoms with Gasteiger partial charge in [0.05, 0.1) is 24.4 Å². The van der Waals surface area contributed by atoms with Gasteiger partial charge >= 0.3 is 11.9 Å². The topological polar surface area (TPSA) is 110 Å². The van der Waals surface area contributed by atoms with Crippen molar-refractivity contribution in [2.45, 2.75) is 39.2 Å². The molecular formula is C26H25N3O5S. The molecule has 0 aliphatic carbocycles. The third-order valence-electron chi connectivity index (χ3n) is 5.85. The molecule has 1 fully saturated rings. The molecule has 1 atom stereocenters. The summed E-state index contributed by atoms with van der Waals surface area (Å²) < 4.78 is 4.82. The van der Waals surface area contributed by atoms with Crippen LogP contribution in [0.1, 0.15) is 58.9 Å². The number of ketones is 1. The van der Waals surface area contributed by atoms with Gasteiger partial charge in [-0.25, -0.2) is 9.78 Å². The smallest absolute Gasteiger partial charge is 0.350 e. The molecular weight excluding hydrogens is 466 g/mol. The minimum atomic E-state index is -0.937. The van der Waals surface area contributed by atoms with E-state index in [4.69, 9.17) is 4.74 Å². The van der Waals surface area contributed by atoms with E-state index in [1.165, 1.54) is 24.4 Å². The van der Waals surface area contributed by atoms with Gasteiger partial charge in [0.2, 0.25) is 0 Å². The van der Waals surface area contributed by atoms with Crippen LogP contribution in [0.3, 0.4) is 0 Å². The molecule has 0 spiro atoms. The quantitative estimate of drug-likeness (QED) is 0.247. The number of hydrogen-bond donors (Lipinski definition) is 1. The molecule has 1 amide bonds. The van der Waals surface area contributed by atoms with Crippen molar-refractivity contribution < 1.29 is 24.2 Å². The fraction of sp³-hybridized carbons (Fsp3) is 0.269. The first-order chi connectivity index (χ1) is 16.5. The number of anilines is 1. The van der Waals surface area contributed by atoms with Gasteiger partial charge in [-0.3, -0.25) is 19.5 Å². The van der Waals surface area contributed by atoms with Crippen molar-refractivity contribution in [1.82, 2.24) is 9.97 Å². The lowest BCUT2D eigenvalue weighted by molar-refractivity contribution is -0.132. The van der Waals surface area contributed by atoms with E-state index < -0.39 is 23.7 Å². The zero-order valence-electron chi connectivity index (χ0n) is 20.0. The molecule has 180 valence electrons. The summed E-state index contributed by atoms with van der Waals surface area (Å²) in [4.78, 5) is 48.5. The molecule has 1 saturated heterocycles. The van der Waals surface area contributed by atoms with Crippen LogP contribution in [-0.4, -0.2) is 39.8 Å². The van der Waals surface area contributed by atoms with Gasteiger partial charge in [-0.05, 0) is 35.6 Å². The maximum absolute atomic E-state index is 13.3. The van der Waals surface area contributed by atoms with Gasteiger partial charge in [0.1, 0.15) is 10.6 Å². The molecule has 8 nitrogen and oxygen atoms in total. The first kappa shape index (κ1) is 24.3. The lowest BCUT2D eigenvalue weighted by atomic mass is 9.85. The Morgan fingerprint density at radius 3 is 2.29 bits per heavy atom. The fourth-order valence-electron chi connectivity index (χ4n) is 3.94. The largest absolute Gasteiger partial charge is 0.507 e. The van der Waals surface area contributed by atoms with Gasteiger partial charge in [-0.2, -0.15) is 0 Å². The van der Waals surface area contributed by atoms with Gasteiger partial charge < -0.3 is 9.84 Å². The number of benzene rings is 1. The molecule has 3 heterocycles. The molecule has 1 unspecified atom stereocenters. The number of hydrogen-bond acceptors (Lipinski definition) is 8. The lowest BCUT2D eigenvalue weighted by Gasteiger charge is -2.24. The Labute approximate surface area is 206 Å². The number of Topliss-reactive ketones (excluding diaryl/α,β-unsaturated/α-hetero) is 1. The highest BCUT2D eigenvalue weighted by Gasteiger charge is 2.48. The zero-order valence-corrected chi connectivity index (χ0v) is 20.8. The Hall–Kier alpha value is -3.85. The highest BCUT2D eigenvalue weighted by molar-refractivity contribution is 7.17. The van der Waals surface area contributed by atoms with Crippen molar-refractivity contribution in [3.63, 3.8) is 0 Å². The van der Waals surface area contributed by atoms with Crippen molar-refractivity contribution >= 4 is 39.9 Å². The number of esters is 1. The zero-order chi connectivity index (χ0) is 25.5. The Morgan fingerprint density at radius 1 is 1.09 bits per heavy atom. The summed E-state index contributed by atoms with van der Waals surface area (Å²) in [5.41, 5.74) is 2.29. The number of aryl methyl sites for hydroxylation is 1. The summed E-state index contributed by atoms with van der Waals surface area (Å²) in [6, 6.07) is 9.74. The van der Waals surface area contributed by atoms with Gasteiger partial charge in [0.25, 0.3) is 5.78 Å². The average molecular weight is 492 g/mol. The number of aliphatic hydroxyl groups is 1. The summed E-state index contributed by atoms with van der Waals surface area (Å²) in [6.07, 6.45) is 2.98. The predicted octanol–water partition coefficient (Wildman–Crippen LogP) is 4.56. The van der Waals surface area contributed by atoms with Gasteiger partial charge in [0, 0.05) is 18.0 Å². The second kappa shape index (κ2) is 9.07. The molecule has 0 saturated carbocycles.